The molecule has 318 valence electrons. The minimum Gasteiger partial charge on any atom is -0.308 e. The van der Waals surface area contributed by atoms with Crippen molar-refractivity contribution in [2.24, 2.45) is 0 Å². The van der Waals surface area contributed by atoms with E-state index in [9.17, 15) is 0 Å². The van der Waals surface area contributed by atoms with Gasteiger partial charge in [0.1, 0.15) is 0 Å². The largest absolute Gasteiger partial charge is 0.308 e. The van der Waals surface area contributed by atoms with E-state index in [-0.39, 0.29) is 0 Å². The van der Waals surface area contributed by atoms with Crippen LogP contribution in [0.15, 0.2) is 262 Å². The Hall–Kier alpha value is -8.02. The molecule has 2 nitrogen and oxygen atoms in total. The number of hydrogen-bond donors (Lipinski definition) is 0. The molecule has 0 N–H and O–H groups in total. The zero-order valence-electron chi connectivity index (χ0n) is 36.8. The lowest BCUT2D eigenvalue weighted by molar-refractivity contribution is 1.17. The van der Waals surface area contributed by atoms with Crippen LogP contribution in [-0.2, 0) is 0 Å². The molecule has 12 aromatic carbocycles. The van der Waals surface area contributed by atoms with E-state index < -0.39 is 0 Å². The van der Waals surface area contributed by atoms with Crippen molar-refractivity contribution in [3.05, 3.63) is 243 Å². The predicted octanol–water partition coefficient (Wildman–Crippen LogP) is 19.2. The summed E-state index contributed by atoms with van der Waals surface area (Å²) in [4.78, 5) is 9.91. The van der Waals surface area contributed by atoms with Crippen molar-refractivity contribution in [3.63, 3.8) is 0 Å². The number of benzene rings is 12. The Morgan fingerprint density at radius 2 is 0.647 bits per heavy atom. The summed E-state index contributed by atoms with van der Waals surface area (Å²) >= 11 is 3.69. The second kappa shape index (κ2) is 15.8. The molecule has 0 fully saturated rings. The summed E-state index contributed by atoms with van der Waals surface area (Å²) in [6, 6.07) is 90.0. The van der Waals surface area contributed by atoms with Gasteiger partial charge in [0, 0.05) is 31.0 Å². The van der Waals surface area contributed by atoms with Gasteiger partial charge in [0.2, 0.25) is 0 Å². The van der Waals surface area contributed by atoms with Crippen molar-refractivity contribution < 1.29 is 0 Å². The number of rotatable bonds is 5. The van der Waals surface area contributed by atoms with E-state index in [0.29, 0.717) is 0 Å². The van der Waals surface area contributed by atoms with Crippen LogP contribution < -0.4 is 9.80 Å². The quantitative estimate of drug-likeness (QED) is 0.159. The van der Waals surface area contributed by atoms with Gasteiger partial charge in [0.15, 0.2) is 0 Å². The molecular formula is C64H40N2S2. The van der Waals surface area contributed by atoms with Gasteiger partial charge in [0.05, 0.1) is 22.7 Å². The molecule has 0 aliphatic carbocycles. The van der Waals surface area contributed by atoms with Crippen LogP contribution in [0.25, 0.3) is 76.5 Å². The average Bonchev–Trinajstić information content (AvgIpc) is 3.40. The molecule has 68 heavy (non-hydrogen) atoms. The SMILES string of the molecule is c1cc(-c2cccc3ccccc23)cc(-c2c3cc(N4c5ccccc5Sc5ccccc54)ccc3c(-c3cccc4ccccc34)c3cc(N4c5ccccc5Sc5ccccc54)ccc23)c1. The maximum absolute atomic E-state index is 2.47. The van der Waals surface area contributed by atoms with Gasteiger partial charge in [-0.3, -0.25) is 0 Å². The molecular weight excluding hydrogens is 861 g/mol. The average molecular weight is 901 g/mol. The minimum absolute atomic E-state index is 1.13. The van der Waals surface area contributed by atoms with Gasteiger partial charge in [-0.15, -0.1) is 0 Å². The third kappa shape index (κ3) is 6.22. The summed E-state index contributed by atoms with van der Waals surface area (Å²) in [6.07, 6.45) is 0. The lowest BCUT2D eigenvalue weighted by atomic mass is 9.83. The van der Waals surface area contributed by atoms with Crippen LogP contribution >= 0.6 is 23.5 Å². The van der Waals surface area contributed by atoms with Crippen molar-refractivity contribution in [1.82, 2.24) is 0 Å². The number of para-hydroxylation sites is 4. The van der Waals surface area contributed by atoms with Crippen LogP contribution in [0.4, 0.5) is 34.1 Å². The minimum atomic E-state index is 1.13. The van der Waals surface area contributed by atoms with E-state index in [2.05, 4.69) is 252 Å². The molecule has 0 saturated heterocycles. The van der Waals surface area contributed by atoms with Crippen LogP contribution in [0.1, 0.15) is 0 Å². The van der Waals surface area contributed by atoms with Gasteiger partial charge in [-0.05, 0) is 155 Å². The van der Waals surface area contributed by atoms with Crippen molar-refractivity contribution >= 4 is 101 Å². The maximum Gasteiger partial charge on any atom is 0.0601 e. The molecule has 0 aromatic heterocycles. The molecule has 2 aliphatic heterocycles. The third-order valence-corrected chi connectivity index (χ3v) is 16.0. The first-order chi connectivity index (χ1) is 33.7. The first-order valence-electron chi connectivity index (χ1n) is 23.2. The summed E-state index contributed by atoms with van der Waals surface area (Å²) in [6.45, 7) is 0. The van der Waals surface area contributed by atoms with Crippen molar-refractivity contribution in [1.29, 1.82) is 0 Å². The van der Waals surface area contributed by atoms with E-state index in [1.54, 1.807) is 0 Å². The first kappa shape index (κ1) is 39.2. The van der Waals surface area contributed by atoms with Crippen molar-refractivity contribution in [2.45, 2.75) is 19.6 Å². The van der Waals surface area contributed by atoms with E-state index in [1.165, 1.54) is 119 Å². The number of anilines is 6. The Kier molecular flexibility index (Phi) is 9.11. The lowest BCUT2D eigenvalue weighted by Crippen LogP contribution is -2.15. The van der Waals surface area contributed by atoms with Gasteiger partial charge >= 0.3 is 0 Å². The molecule has 14 rings (SSSR count). The number of hydrogen-bond acceptors (Lipinski definition) is 4. The summed E-state index contributed by atoms with van der Waals surface area (Å²) < 4.78 is 0. The highest BCUT2D eigenvalue weighted by Crippen LogP contribution is 2.55. The molecule has 0 atom stereocenters. The first-order valence-corrected chi connectivity index (χ1v) is 24.8. The maximum atomic E-state index is 2.47. The van der Waals surface area contributed by atoms with Crippen LogP contribution in [0.2, 0.25) is 0 Å². The Bertz CT molecular complexity index is 3920. The van der Waals surface area contributed by atoms with Gasteiger partial charge in [-0.1, -0.05) is 187 Å². The second-order valence-corrected chi connectivity index (χ2v) is 19.8. The molecule has 0 saturated carbocycles. The molecule has 0 amide bonds. The summed E-state index contributed by atoms with van der Waals surface area (Å²) in [7, 11) is 0. The monoisotopic (exact) mass is 900 g/mol. The van der Waals surface area contributed by atoms with Crippen molar-refractivity contribution in [2.75, 3.05) is 9.80 Å². The van der Waals surface area contributed by atoms with E-state index in [1.807, 2.05) is 23.5 Å². The topological polar surface area (TPSA) is 6.48 Å². The Labute approximate surface area is 403 Å². The molecule has 0 spiro atoms. The van der Waals surface area contributed by atoms with E-state index in [0.717, 1.165) is 11.4 Å². The fourth-order valence-corrected chi connectivity index (χ4v) is 12.9. The highest BCUT2D eigenvalue weighted by molar-refractivity contribution is 8.00. The normalized spacial score (nSPS) is 12.8. The van der Waals surface area contributed by atoms with Crippen LogP contribution in [-0.4, -0.2) is 0 Å². The fourth-order valence-electron chi connectivity index (χ4n) is 10.8. The highest BCUT2D eigenvalue weighted by Gasteiger charge is 2.28. The zero-order chi connectivity index (χ0) is 44.7. The number of fused-ring (bicyclic) bond motifs is 8. The summed E-state index contributed by atoms with van der Waals surface area (Å²) in [5.41, 5.74) is 14.3. The van der Waals surface area contributed by atoms with Gasteiger partial charge < -0.3 is 9.80 Å². The highest BCUT2D eigenvalue weighted by atomic mass is 32.2. The smallest absolute Gasteiger partial charge is 0.0601 e. The summed E-state index contributed by atoms with van der Waals surface area (Å²) in [5.74, 6) is 0. The van der Waals surface area contributed by atoms with Crippen molar-refractivity contribution in [3.8, 4) is 33.4 Å². The molecule has 12 aromatic rings. The zero-order valence-corrected chi connectivity index (χ0v) is 38.4. The van der Waals surface area contributed by atoms with Gasteiger partial charge in [0.25, 0.3) is 0 Å². The molecule has 0 bridgehead atoms. The molecule has 2 aliphatic rings. The standard InChI is InChI=1S/C64H40N2S2/c1-3-22-47-41(16-1)18-14-24-49(47)43-20-13-21-44(38-43)63-51-36-34-46(66-57-28-7-11-32-61(57)68-62-33-12-8-29-58(62)66)40-54(51)64(50-25-15-19-42-17-2-4-23-48(42)50)52-37-35-45(39-53(52)63)65-55-26-5-9-30-59(55)67-60-31-10-6-27-56(60)65/h1-40H. The predicted molar refractivity (Wildman–Crippen MR) is 290 cm³/mol. The summed E-state index contributed by atoms with van der Waals surface area (Å²) in [5, 5.41) is 9.78. The van der Waals surface area contributed by atoms with E-state index in [4.69, 9.17) is 0 Å². The lowest BCUT2D eigenvalue weighted by Gasteiger charge is -2.34. The Morgan fingerprint density at radius 3 is 1.19 bits per heavy atom. The van der Waals surface area contributed by atoms with Gasteiger partial charge in [-0.25, -0.2) is 0 Å². The third-order valence-electron chi connectivity index (χ3n) is 13.8. The van der Waals surface area contributed by atoms with Crippen LogP contribution in [0, 0.1) is 0 Å². The van der Waals surface area contributed by atoms with Crippen LogP contribution in [0.3, 0.4) is 0 Å². The second-order valence-electron chi connectivity index (χ2n) is 17.6. The fraction of sp³-hybridized carbons (Fsp3) is 0. The van der Waals surface area contributed by atoms with Gasteiger partial charge in [-0.2, -0.15) is 0 Å². The van der Waals surface area contributed by atoms with E-state index >= 15 is 0 Å². The molecule has 0 radical (unpaired) electrons. The molecule has 0 unspecified atom stereocenters. The molecule has 2 heterocycles. The Morgan fingerprint density at radius 1 is 0.250 bits per heavy atom. The number of nitrogens with zero attached hydrogens (tertiary/aromatic N) is 2. The van der Waals surface area contributed by atoms with Crippen LogP contribution in [0.5, 0.6) is 0 Å². The Balaban J connectivity index is 1.11. The molecule has 4 heteroatoms.